The van der Waals surface area contributed by atoms with Crippen LogP contribution >= 0.6 is 12.2 Å². The van der Waals surface area contributed by atoms with Crippen molar-refractivity contribution in [3.05, 3.63) is 65.9 Å². The first-order chi connectivity index (χ1) is 14.4. The maximum atomic E-state index is 13.9. The van der Waals surface area contributed by atoms with Crippen LogP contribution in [0.25, 0.3) is 10.9 Å². The van der Waals surface area contributed by atoms with Gasteiger partial charge in [-0.15, -0.1) is 0 Å². The van der Waals surface area contributed by atoms with Crippen molar-refractivity contribution in [1.29, 1.82) is 5.26 Å². The molecule has 3 aromatic rings. The van der Waals surface area contributed by atoms with E-state index in [4.69, 9.17) is 12.2 Å². The predicted octanol–water partition coefficient (Wildman–Crippen LogP) is 2.74. The molecule has 0 radical (unpaired) electrons. The lowest BCUT2D eigenvalue weighted by Gasteiger charge is -2.28. The van der Waals surface area contributed by atoms with E-state index in [1.807, 2.05) is 32.3 Å². The molecule has 1 spiro atoms. The minimum absolute atomic E-state index is 0.0526. The zero-order valence-electron chi connectivity index (χ0n) is 16.8. The molecule has 5 rings (SSSR count). The quantitative estimate of drug-likeness (QED) is 0.652. The molecule has 30 heavy (non-hydrogen) atoms. The Balaban J connectivity index is 1.62. The zero-order valence-corrected chi connectivity index (χ0v) is 17.6. The second-order valence-electron chi connectivity index (χ2n) is 8.17. The van der Waals surface area contributed by atoms with Gasteiger partial charge in [-0.25, -0.2) is 0 Å². The fraction of sp³-hybridized carbons (Fsp3) is 0.261. The molecule has 6 nitrogen and oxygen atoms in total. The number of carbonyl (C=O) groups excluding carboxylic acids is 1. The number of aryl methyl sites for hydroxylation is 1. The maximum absolute atomic E-state index is 13.9. The number of hydrogen-bond donors (Lipinski definition) is 1. The van der Waals surface area contributed by atoms with Crippen molar-refractivity contribution in [3.63, 3.8) is 0 Å². The van der Waals surface area contributed by atoms with Crippen LogP contribution in [0.3, 0.4) is 0 Å². The number of nitrogens with one attached hydrogen (secondary N) is 1. The number of anilines is 1. The third kappa shape index (κ3) is 2.58. The van der Waals surface area contributed by atoms with Crippen molar-refractivity contribution < 1.29 is 4.79 Å². The van der Waals surface area contributed by atoms with Crippen molar-refractivity contribution in [2.75, 3.05) is 25.0 Å². The summed E-state index contributed by atoms with van der Waals surface area (Å²) in [7, 11) is 4.06. The van der Waals surface area contributed by atoms with Crippen molar-refractivity contribution in [2.24, 2.45) is 7.05 Å². The van der Waals surface area contributed by atoms with Gasteiger partial charge in [0, 0.05) is 43.2 Å². The van der Waals surface area contributed by atoms with E-state index in [-0.39, 0.29) is 11.8 Å². The Bertz CT molecular complexity index is 1240. The first-order valence-corrected chi connectivity index (χ1v) is 10.2. The van der Waals surface area contributed by atoms with Gasteiger partial charge in [-0.2, -0.15) is 5.26 Å². The first kappa shape index (κ1) is 18.8. The third-order valence-corrected chi connectivity index (χ3v) is 6.55. The van der Waals surface area contributed by atoms with E-state index in [9.17, 15) is 10.1 Å². The average molecular weight is 416 g/mol. The topological polar surface area (TPSA) is 64.3 Å². The van der Waals surface area contributed by atoms with E-state index in [0.717, 1.165) is 23.0 Å². The van der Waals surface area contributed by atoms with Crippen LogP contribution in [-0.2, 0) is 11.8 Å². The molecule has 7 heteroatoms. The number of amides is 1. The Morgan fingerprint density at radius 2 is 2.00 bits per heavy atom. The number of carbonyl (C=O) groups is 1. The molecule has 0 bridgehead atoms. The number of nitriles is 1. The molecule has 0 saturated carbocycles. The van der Waals surface area contributed by atoms with Gasteiger partial charge in [-0.3, -0.25) is 9.69 Å². The maximum Gasteiger partial charge on any atom is 0.261 e. The van der Waals surface area contributed by atoms with Crippen molar-refractivity contribution in [3.8, 4) is 6.07 Å². The van der Waals surface area contributed by atoms with Gasteiger partial charge in [0.05, 0.1) is 17.3 Å². The normalized spacial score (nSPS) is 24.0. The van der Waals surface area contributed by atoms with Gasteiger partial charge in [0.15, 0.2) is 5.11 Å². The SMILES string of the molecule is CN1C[C@H](c2cn(C)c3ccccc23)[C@]2(C1)NC(=S)N(c1cccc(C#N)c1)C2=O. The fourth-order valence-electron chi connectivity index (χ4n) is 4.97. The Labute approximate surface area is 180 Å². The Kier molecular flexibility index (Phi) is 4.17. The monoisotopic (exact) mass is 415 g/mol. The molecule has 2 saturated heterocycles. The van der Waals surface area contributed by atoms with E-state index >= 15 is 0 Å². The number of aromatic nitrogens is 1. The Hall–Kier alpha value is -3.21. The van der Waals surface area contributed by atoms with Crippen molar-refractivity contribution >= 4 is 39.8 Å². The smallest absolute Gasteiger partial charge is 0.261 e. The van der Waals surface area contributed by atoms with Crippen LogP contribution < -0.4 is 10.2 Å². The van der Waals surface area contributed by atoms with Gasteiger partial charge in [-0.05, 0) is 49.1 Å². The van der Waals surface area contributed by atoms with Crippen LogP contribution in [0, 0.1) is 11.3 Å². The molecule has 0 unspecified atom stereocenters. The summed E-state index contributed by atoms with van der Waals surface area (Å²) in [4.78, 5) is 17.6. The average Bonchev–Trinajstić information content (AvgIpc) is 3.33. The summed E-state index contributed by atoms with van der Waals surface area (Å²) in [5.74, 6) is -0.118. The van der Waals surface area contributed by atoms with Crippen LogP contribution in [0.2, 0.25) is 0 Å². The van der Waals surface area contributed by atoms with E-state index in [0.29, 0.717) is 22.9 Å². The van der Waals surface area contributed by atoms with E-state index in [1.54, 1.807) is 23.1 Å². The van der Waals surface area contributed by atoms with Gasteiger partial charge in [0.2, 0.25) is 0 Å². The summed E-state index contributed by atoms with van der Waals surface area (Å²) in [6, 6.07) is 17.4. The molecule has 1 amide bonds. The summed E-state index contributed by atoms with van der Waals surface area (Å²) in [5.41, 5.74) is 2.58. The van der Waals surface area contributed by atoms with E-state index in [1.165, 1.54) is 0 Å². The minimum atomic E-state index is -0.835. The molecule has 1 aromatic heterocycles. The molecule has 150 valence electrons. The van der Waals surface area contributed by atoms with Crippen LogP contribution in [0.1, 0.15) is 17.0 Å². The highest BCUT2D eigenvalue weighted by atomic mass is 32.1. The van der Waals surface area contributed by atoms with Gasteiger partial charge >= 0.3 is 0 Å². The number of fused-ring (bicyclic) bond motifs is 1. The molecule has 3 heterocycles. The highest BCUT2D eigenvalue weighted by Gasteiger charge is 2.59. The van der Waals surface area contributed by atoms with Gasteiger partial charge in [0.25, 0.3) is 5.91 Å². The van der Waals surface area contributed by atoms with Crippen LogP contribution in [0.5, 0.6) is 0 Å². The lowest BCUT2D eigenvalue weighted by atomic mass is 9.81. The van der Waals surface area contributed by atoms with Gasteiger partial charge < -0.3 is 14.8 Å². The molecule has 2 aliphatic heterocycles. The highest BCUT2D eigenvalue weighted by Crippen LogP contribution is 2.43. The molecule has 2 fully saturated rings. The molecular formula is C23H21N5OS. The number of thiocarbonyl (C=S) groups is 1. The lowest BCUT2D eigenvalue weighted by molar-refractivity contribution is -0.122. The second-order valence-corrected chi connectivity index (χ2v) is 8.55. The molecule has 2 aromatic carbocycles. The summed E-state index contributed by atoms with van der Waals surface area (Å²) < 4.78 is 2.11. The third-order valence-electron chi connectivity index (χ3n) is 6.26. The summed E-state index contributed by atoms with van der Waals surface area (Å²) in [6.07, 6.45) is 2.13. The highest BCUT2D eigenvalue weighted by molar-refractivity contribution is 7.80. The Morgan fingerprint density at radius 1 is 1.20 bits per heavy atom. The zero-order chi connectivity index (χ0) is 21.0. The van der Waals surface area contributed by atoms with Crippen molar-refractivity contribution in [2.45, 2.75) is 11.5 Å². The minimum Gasteiger partial charge on any atom is -0.350 e. The first-order valence-electron chi connectivity index (χ1n) is 9.84. The van der Waals surface area contributed by atoms with Gasteiger partial charge in [0.1, 0.15) is 5.54 Å². The Morgan fingerprint density at radius 3 is 2.80 bits per heavy atom. The fourth-order valence-corrected chi connectivity index (χ4v) is 5.34. The number of para-hydroxylation sites is 1. The molecule has 2 atom stereocenters. The standard InChI is InChI=1S/C23H21N5OS/c1-26-13-19(18-12-27(2)20-9-4-3-8-17(18)20)23(14-26)21(29)28(22(30)25-23)16-7-5-6-15(10-16)11-24/h3-10,12,19H,13-14H2,1-2H3,(H,25,30)/t19-,23+/m1/s1. The van der Waals surface area contributed by atoms with Crippen molar-refractivity contribution in [1.82, 2.24) is 14.8 Å². The van der Waals surface area contributed by atoms with Crippen LogP contribution in [0.15, 0.2) is 54.7 Å². The number of nitrogens with zero attached hydrogens (tertiary/aromatic N) is 4. The molecule has 2 aliphatic rings. The van der Waals surface area contributed by atoms with Crippen LogP contribution in [0.4, 0.5) is 5.69 Å². The second kappa shape index (κ2) is 6.66. The lowest BCUT2D eigenvalue weighted by Crippen LogP contribution is -2.52. The largest absolute Gasteiger partial charge is 0.350 e. The number of likely N-dealkylation sites (N-methyl/N-ethyl adjacent to an activating group) is 1. The molecular weight excluding hydrogens is 394 g/mol. The number of rotatable bonds is 2. The molecule has 1 N–H and O–H groups in total. The summed E-state index contributed by atoms with van der Waals surface area (Å²) in [5, 5.41) is 14.2. The molecule has 0 aliphatic carbocycles. The number of likely N-dealkylation sites (tertiary alicyclic amines) is 1. The summed E-state index contributed by atoms with van der Waals surface area (Å²) >= 11 is 5.62. The number of benzene rings is 2. The van der Waals surface area contributed by atoms with Gasteiger partial charge in [-0.1, -0.05) is 24.3 Å². The predicted molar refractivity (Wildman–Crippen MR) is 120 cm³/mol. The van der Waals surface area contributed by atoms with E-state index < -0.39 is 5.54 Å². The van der Waals surface area contributed by atoms with Crippen LogP contribution in [-0.4, -0.2) is 46.2 Å². The van der Waals surface area contributed by atoms with E-state index in [2.05, 4.69) is 39.2 Å². The summed E-state index contributed by atoms with van der Waals surface area (Å²) in [6.45, 7) is 1.32. The number of hydrogen-bond acceptors (Lipinski definition) is 4.